The maximum atomic E-state index is 11.1. The van der Waals surface area contributed by atoms with E-state index in [1.54, 1.807) is 0 Å². The summed E-state index contributed by atoms with van der Waals surface area (Å²) in [5.74, 6) is -0.838. The topological polar surface area (TPSA) is 89.1 Å². The quantitative estimate of drug-likeness (QED) is 0.821. The Balaban J connectivity index is 3.05. The van der Waals surface area contributed by atoms with Crippen molar-refractivity contribution in [3.63, 3.8) is 0 Å². The molecule has 8 heteroatoms. The maximum absolute atomic E-state index is 11.1. The number of H-pyrrole nitrogens is 1. The Morgan fingerprint density at radius 1 is 1.60 bits per heavy atom. The summed E-state index contributed by atoms with van der Waals surface area (Å²) in [4.78, 5) is 11.1. The highest BCUT2D eigenvalue weighted by Gasteiger charge is 2.20. The fraction of sp³-hybridized carbons (Fsp3) is 0.429. The molecule has 1 aromatic rings. The third-order valence-electron chi connectivity index (χ3n) is 1.56. The average Bonchev–Trinajstić information content (AvgIpc) is 2.45. The molecule has 0 fully saturated rings. The Bertz CT molecular complexity index is 479. The molecule has 0 saturated heterocycles. The second-order valence-corrected chi connectivity index (χ2v) is 5.86. The molecule has 0 aliphatic rings. The van der Waals surface area contributed by atoms with Crippen LogP contribution in [-0.2, 0) is 20.3 Å². The number of aromatic nitrogens is 2. The summed E-state index contributed by atoms with van der Waals surface area (Å²) in [5, 5.41) is 6.13. The van der Waals surface area contributed by atoms with E-state index in [1.165, 1.54) is 7.11 Å². The average molecular weight is 297 g/mol. The number of halogens is 1. The lowest BCUT2D eigenvalue weighted by atomic mass is 10.4. The molecule has 0 saturated carbocycles. The normalized spacial score (nSPS) is 11.4. The van der Waals surface area contributed by atoms with Gasteiger partial charge in [-0.05, 0) is 15.9 Å². The smallest absolute Gasteiger partial charge is 0.359 e. The van der Waals surface area contributed by atoms with Crippen LogP contribution in [0.15, 0.2) is 4.47 Å². The molecule has 0 unspecified atom stereocenters. The van der Waals surface area contributed by atoms with Crippen molar-refractivity contribution in [3.05, 3.63) is 15.9 Å². The predicted octanol–water partition coefficient (Wildman–Crippen LogP) is 0.503. The first kappa shape index (κ1) is 12.2. The van der Waals surface area contributed by atoms with Gasteiger partial charge in [0.25, 0.3) is 0 Å². The minimum absolute atomic E-state index is 0.0381. The van der Waals surface area contributed by atoms with Crippen molar-refractivity contribution in [2.75, 3.05) is 13.4 Å². The molecule has 84 valence electrons. The Labute approximate surface area is 95.1 Å². The van der Waals surface area contributed by atoms with E-state index in [-0.39, 0.29) is 11.4 Å². The maximum Gasteiger partial charge on any atom is 0.359 e. The number of ether oxygens (including phenoxy) is 1. The van der Waals surface area contributed by atoms with E-state index in [0.717, 1.165) is 6.26 Å². The van der Waals surface area contributed by atoms with E-state index >= 15 is 0 Å². The molecule has 0 spiro atoms. The number of sulfone groups is 1. The van der Waals surface area contributed by atoms with Crippen LogP contribution < -0.4 is 0 Å². The van der Waals surface area contributed by atoms with Gasteiger partial charge in [-0.25, -0.2) is 13.2 Å². The molecule has 0 radical (unpaired) electrons. The summed E-state index contributed by atoms with van der Waals surface area (Å²) in [6, 6.07) is 0. The SMILES string of the molecule is COC(=O)c1n[nH]c(CS(C)(=O)=O)c1Br. The van der Waals surface area contributed by atoms with Gasteiger partial charge in [-0.15, -0.1) is 0 Å². The van der Waals surface area contributed by atoms with E-state index in [2.05, 4.69) is 30.9 Å². The number of methoxy groups -OCH3 is 1. The number of carbonyl (C=O) groups excluding carboxylic acids is 1. The number of nitrogens with one attached hydrogen (secondary N) is 1. The Morgan fingerprint density at radius 2 is 2.20 bits per heavy atom. The molecule has 0 aromatic carbocycles. The van der Waals surface area contributed by atoms with Crippen molar-refractivity contribution in [2.24, 2.45) is 0 Å². The van der Waals surface area contributed by atoms with Crippen LogP contribution in [0.4, 0.5) is 0 Å². The summed E-state index contributed by atoms with van der Waals surface area (Å²) in [5.41, 5.74) is 0.369. The summed E-state index contributed by atoms with van der Waals surface area (Å²) < 4.78 is 26.8. The zero-order valence-corrected chi connectivity index (χ0v) is 10.5. The molecule has 1 rings (SSSR count). The first-order valence-corrected chi connectivity index (χ1v) is 6.69. The molecule has 0 aliphatic carbocycles. The van der Waals surface area contributed by atoms with Crippen molar-refractivity contribution in [1.82, 2.24) is 10.2 Å². The minimum atomic E-state index is -3.17. The van der Waals surface area contributed by atoms with E-state index < -0.39 is 15.8 Å². The first-order valence-electron chi connectivity index (χ1n) is 3.84. The number of nitrogens with zero attached hydrogens (tertiary/aromatic N) is 1. The number of rotatable bonds is 3. The van der Waals surface area contributed by atoms with E-state index in [4.69, 9.17) is 0 Å². The lowest BCUT2D eigenvalue weighted by Crippen LogP contribution is -2.03. The Morgan fingerprint density at radius 3 is 2.67 bits per heavy atom. The minimum Gasteiger partial charge on any atom is -0.464 e. The summed E-state index contributed by atoms with van der Waals surface area (Å²) >= 11 is 3.09. The molecular weight excluding hydrogens is 288 g/mol. The van der Waals surface area contributed by atoms with E-state index in [9.17, 15) is 13.2 Å². The molecule has 0 atom stereocenters. The van der Waals surface area contributed by atoms with Crippen molar-refractivity contribution in [1.29, 1.82) is 0 Å². The molecule has 0 bridgehead atoms. The van der Waals surface area contributed by atoms with Crippen molar-refractivity contribution < 1.29 is 17.9 Å². The Hall–Kier alpha value is -0.890. The van der Waals surface area contributed by atoms with Crippen LogP contribution in [-0.4, -0.2) is 38.0 Å². The summed E-state index contributed by atoms with van der Waals surface area (Å²) in [6.07, 6.45) is 1.10. The highest BCUT2D eigenvalue weighted by atomic mass is 79.9. The molecule has 0 amide bonds. The molecule has 1 aromatic heterocycles. The van der Waals surface area contributed by atoms with Crippen LogP contribution in [0.3, 0.4) is 0 Å². The molecular formula is C7H9BrN2O4S. The number of hydrogen-bond donors (Lipinski definition) is 1. The second-order valence-electron chi connectivity index (χ2n) is 2.93. The fourth-order valence-corrected chi connectivity index (χ4v) is 2.35. The van der Waals surface area contributed by atoms with Crippen molar-refractivity contribution in [2.45, 2.75) is 5.75 Å². The van der Waals surface area contributed by atoms with Gasteiger partial charge in [-0.3, -0.25) is 5.10 Å². The largest absolute Gasteiger partial charge is 0.464 e. The van der Waals surface area contributed by atoms with Gasteiger partial charge < -0.3 is 4.74 Å². The summed E-state index contributed by atoms with van der Waals surface area (Å²) in [6.45, 7) is 0. The number of carbonyl (C=O) groups is 1. The van der Waals surface area contributed by atoms with Crippen molar-refractivity contribution >= 4 is 31.7 Å². The van der Waals surface area contributed by atoms with Crippen LogP contribution in [0.5, 0.6) is 0 Å². The van der Waals surface area contributed by atoms with Gasteiger partial charge in [0.1, 0.15) is 0 Å². The highest BCUT2D eigenvalue weighted by molar-refractivity contribution is 9.10. The number of aromatic amines is 1. The third kappa shape index (κ3) is 3.03. The van der Waals surface area contributed by atoms with Crippen LogP contribution in [0.1, 0.15) is 16.2 Å². The molecule has 1 N–H and O–H groups in total. The van der Waals surface area contributed by atoms with Crippen molar-refractivity contribution in [3.8, 4) is 0 Å². The number of hydrogen-bond acceptors (Lipinski definition) is 5. The zero-order chi connectivity index (χ0) is 11.6. The number of esters is 1. The van der Waals surface area contributed by atoms with Gasteiger partial charge in [0, 0.05) is 6.26 Å². The zero-order valence-electron chi connectivity index (χ0n) is 8.07. The first-order chi connectivity index (χ1) is 6.85. The van der Waals surface area contributed by atoms with Crippen LogP contribution in [0, 0.1) is 0 Å². The highest BCUT2D eigenvalue weighted by Crippen LogP contribution is 2.21. The van der Waals surface area contributed by atoms with E-state index in [0.29, 0.717) is 10.2 Å². The second kappa shape index (κ2) is 4.31. The van der Waals surface area contributed by atoms with Gasteiger partial charge in [-0.2, -0.15) is 5.10 Å². The lowest BCUT2D eigenvalue weighted by molar-refractivity contribution is 0.0593. The third-order valence-corrected chi connectivity index (χ3v) is 3.23. The molecule has 15 heavy (non-hydrogen) atoms. The van der Waals surface area contributed by atoms with E-state index in [1.807, 2.05) is 0 Å². The molecule has 1 heterocycles. The monoisotopic (exact) mass is 296 g/mol. The predicted molar refractivity (Wildman–Crippen MR) is 56.2 cm³/mol. The lowest BCUT2D eigenvalue weighted by Gasteiger charge is -1.96. The van der Waals surface area contributed by atoms with Gasteiger partial charge in [-0.1, -0.05) is 0 Å². The van der Waals surface area contributed by atoms with Crippen LogP contribution >= 0.6 is 15.9 Å². The summed E-state index contributed by atoms with van der Waals surface area (Å²) in [7, 11) is -1.95. The molecule has 0 aliphatic heterocycles. The van der Waals surface area contributed by atoms with Gasteiger partial charge in [0.15, 0.2) is 15.5 Å². The van der Waals surface area contributed by atoms with Gasteiger partial charge in [0.05, 0.1) is 23.0 Å². The standard InChI is InChI=1S/C7H9BrN2O4S/c1-14-7(11)6-5(8)4(9-10-6)3-15(2,12)13/h3H2,1-2H3,(H,9,10). The molecule has 6 nitrogen and oxygen atoms in total. The van der Waals surface area contributed by atoms with Crippen LogP contribution in [0.2, 0.25) is 0 Å². The Kier molecular flexibility index (Phi) is 3.50. The van der Waals surface area contributed by atoms with Crippen LogP contribution in [0.25, 0.3) is 0 Å². The van der Waals surface area contributed by atoms with Gasteiger partial charge in [0.2, 0.25) is 0 Å². The fourth-order valence-electron chi connectivity index (χ4n) is 0.954. The van der Waals surface area contributed by atoms with Gasteiger partial charge >= 0.3 is 5.97 Å².